The zero-order chi connectivity index (χ0) is 10.4. The molecule has 72 valence electrons. The molecule has 0 saturated heterocycles. The van der Waals surface area contributed by atoms with Gasteiger partial charge >= 0.3 is 0 Å². The van der Waals surface area contributed by atoms with Crippen LogP contribution in [0, 0.1) is 11.8 Å². The maximum absolute atomic E-state index is 11.3. The first kappa shape index (κ1) is 10.2. The monoisotopic (exact) mass is 190 g/mol. The Morgan fingerprint density at radius 3 is 3.14 bits per heavy atom. The highest BCUT2D eigenvalue weighted by Gasteiger charge is 2.08. The van der Waals surface area contributed by atoms with Gasteiger partial charge in [0.05, 0.1) is 5.56 Å². The third kappa shape index (κ3) is 2.31. The summed E-state index contributed by atoms with van der Waals surface area (Å²) < 4.78 is 0. The van der Waals surface area contributed by atoms with Crippen LogP contribution in [0.2, 0.25) is 0 Å². The molecule has 0 fully saturated rings. The minimum Gasteiger partial charge on any atom is -0.384 e. The predicted octanol–water partition coefficient (Wildman–Crippen LogP) is -0.215. The van der Waals surface area contributed by atoms with Crippen molar-refractivity contribution in [2.75, 3.05) is 13.7 Å². The van der Waals surface area contributed by atoms with Crippen molar-refractivity contribution in [1.29, 1.82) is 0 Å². The Morgan fingerprint density at radius 1 is 1.71 bits per heavy atom. The van der Waals surface area contributed by atoms with Crippen LogP contribution >= 0.6 is 0 Å². The third-order valence-corrected chi connectivity index (χ3v) is 1.55. The van der Waals surface area contributed by atoms with E-state index in [1.54, 1.807) is 12.1 Å². The van der Waals surface area contributed by atoms with Gasteiger partial charge in [0.1, 0.15) is 12.3 Å². The lowest BCUT2D eigenvalue weighted by atomic mass is 10.2. The molecular formula is C10H10N2O2. The van der Waals surface area contributed by atoms with Gasteiger partial charge in [-0.25, -0.2) is 4.98 Å². The van der Waals surface area contributed by atoms with Crippen LogP contribution in [-0.2, 0) is 0 Å². The van der Waals surface area contributed by atoms with Crippen molar-refractivity contribution in [3.8, 4) is 11.8 Å². The van der Waals surface area contributed by atoms with E-state index in [0.717, 1.165) is 0 Å². The molecule has 1 heterocycles. The smallest absolute Gasteiger partial charge is 0.270 e. The summed E-state index contributed by atoms with van der Waals surface area (Å²) in [6, 6.07) is 3.37. The molecule has 0 aliphatic rings. The highest BCUT2D eigenvalue weighted by Crippen LogP contribution is 2.02. The maximum Gasteiger partial charge on any atom is 0.270 e. The topological polar surface area (TPSA) is 62.2 Å². The Morgan fingerprint density at radius 2 is 2.50 bits per heavy atom. The molecule has 0 radical (unpaired) electrons. The first-order valence-electron chi connectivity index (χ1n) is 4.06. The standard InChI is InChI=1S/C10H10N2O2/c1-11-10(14)9-8(5-3-7-13)4-2-6-12-9/h2,4,6,13H,7H2,1H3,(H,11,14). The number of nitrogens with one attached hydrogen (secondary N) is 1. The van der Waals surface area contributed by atoms with Gasteiger partial charge in [-0.15, -0.1) is 0 Å². The van der Waals surface area contributed by atoms with Crippen molar-refractivity contribution < 1.29 is 9.90 Å². The van der Waals surface area contributed by atoms with Crippen LogP contribution in [0.1, 0.15) is 16.1 Å². The molecule has 0 atom stereocenters. The molecule has 2 N–H and O–H groups in total. The number of nitrogens with zero attached hydrogens (tertiary/aromatic N) is 1. The summed E-state index contributed by atoms with van der Waals surface area (Å²) in [6.45, 7) is -0.234. The molecule has 0 spiro atoms. The van der Waals surface area contributed by atoms with Gasteiger partial charge in [-0.05, 0) is 12.1 Å². The summed E-state index contributed by atoms with van der Waals surface area (Å²) in [7, 11) is 1.53. The zero-order valence-electron chi connectivity index (χ0n) is 7.74. The Kier molecular flexibility index (Phi) is 3.65. The van der Waals surface area contributed by atoms with E-state index in [2.05, 4.69) is 22.1 Å². The lowest BCUT2D eigenvalue weighted by molar-refractivity contribution is 0.0958. The number of carbonyl (C=O) groups is 1. The average molecular weight is 190 g/mol. The van der Waals surface area contributed by atoms with Crippen LogP contribution in [0.15, 0.2) is 18.3 Å². The van der Waals surface area contributed by atoms with Crippen molar-refractivity contribution in [3.63, 3.8) is 0 Å². The average Bonchev–Trinajstić information content (AvgIpc) is 2.25. The quantitative estimate of drug-likeness (QED) is 0.602. The first-order chi connectivity index (χ1) is 6.79. The van der Waals surface area contributed by atoms with Gasteiger partial charge in [-0.2, -0.15) is 0 Å². The molecule has 0 bridgehead atoms. The Labute approximate surface area is 82.0 Å². The van der Waals surface area contributed by atoms with Crippen molar-refractivity contribution in [2.45, 2.75) is 0 Å². The number of hydrogen-bond donors (Lipinski definition) is 2. The molecule has 0 unspecified atom stereocenters. The molecule has 0 aliphatic heterocycles. The van der Waals surface area contributed by atoms with Gasteiger partial charge in [0.15, 0.2) is 0 Å². The predicted molar refractivity (Wildman–Crippen MR) is 51.6 cm³/mol. The fourth-order valence-electron chi connectivity index (χ4n) is 0.940. The van der Waals surface area contributed by atoms with Gasteiger partial charge in [0.2, 0.25) is 0 Å². The molecule has 4 nitrogen and oxygen atoms in total. The Balaban J connectivity index is 3.09. The van der Waals surface area contributed by atoms with E-state index in [0.29, 0.717) is 5.56 Å². The van der Waals surface area contributed by atoms with Crippen molar-refractivity contribution in [1.82, 2.24) is 10.3 Å². The Bertz CT molecular complexity index is 391. The van der Waals surface area contributed by atoms with Crippen molar-refractivity contribution in [2.24, 2.45) is 0 Å². The van der Waals surface area contributed by atoms with E-state index < -0.39 is 0 Å². The van der Waals surface area contributed by atoms with Crippen LogP contribution in [0.4, 0.5) is 0 Å². The van der Waals surface area contributed by atoms with E-state index in [-0.39, 0.29) is 18.2 Å². The second kappa shape index (κ2) is 5.00. The summed E-state index contributed by atoms with van der Waals surface area (Å²) in [5.41, 5.74) is 0.789. The molecule has 0 aromatic carbocycles. The fourth-order valence-corrected chi connectivity index (χ4v) is 0.940. The molecule has 0 saturated carbocycles. The van der Waals surface area contributed by atoms with Gasteiger partial charge in [0, 0.05) is 13.2 Å². The molecule has 1 aromatic heterocycles. The van der Waals surface area contributed by atoms with E-state index in [9.17, 15) is 4.79 Å². The second-order valence-electron chi connectivity index (χ2n) is 2.44. The molecule has 0 aliphatic carbocycles. The van der Waals surface area contributed by atoms with E-state index in [1.807, 2.05) is 0 Å². The van der Waals surface area contributed by atoms with E-state index in [4.69, 9.17) is 5.11 Å². The number of carbonyl (C=O) groups excluding carboxylic acids is 1. The summed E-state index contributed by atoms with van der Waals surface area (Å²) in [5.74, 6) is 4.84. The number of aromatic nitrogens is 1. The van der Waals surface area contributed by atoms with Crippen LogP contribution in [-0.4, -0.2) is 29.7 Å². The van der Waals surface area contributed by atoms with Crippen LogP contribution in [0.5, 0.6) is 0 Å². The highest BCUT2D eigenvalue weighted by molar-refractivity contribution is 5.94. The van der Waals surface area contributed by atoms with Crippen LogP contribution in [0.25, 0.3) is 0 Å². The summed E-state index contributed by atoms with van der Waals surface area (Å²) in [4.78, 5) is 15.2. The number of pyridine rings is 1. The zero-order valence-corrected chi connectivity index (χ0v) is 7.74. The summed E-state index contributed by atoms with van der Waals surface area (Å²) >= 11 is 0. The number of rotatable bonds is 1. The maximum atomic E-state index is 11.3. The van der Waals surface area contributed by atoms with E-state index in [1.165, 1.54) is 13.2 Å². The van der Waals surface area contributed by atoms with Gasteiger partial charge in [0.25, 0.3) is 5.91 Å². The minimum atomic E-state index is -0.284. The second-order valence-corrected chi connectivity index (χ2v) is 2.44. The molecule has 4 heteroatoms. The molecule has 14 heavy (non-hydrogen) atoms. The van der Waals surface area contributed by atoms with Gasteiger partial charge in [-0.1, -0.05) is 11.8 Å². The SMILES string of the molecule is CNC(=O)c1ncccc1C#CCO. The molecule has 1 amide bonds. The normalized spacial score (nSPS) is 8.71. The Hall–Kier alpha value is -1.86. The van der Waals surface area contributed by atoms with Crippen LogP contribution < -0.4 is 5.32 Å². The molecular weight excluding hydrogens is 180 g/mol. The van der Waals surface area contributed by atoms with Crippen LogP contribution in [0.3, 0.4) is 0 Å². The first-order valence-corrected chi connectivity index (χ1v) is 4.06. The third-order valence-electron chi connectivity index (χ3n) is 1.55. The fraction of sp³-hybridized carbons (Fsp3) is 0.200. The lowest BCUT2D eigenvalue weighted by Crippen LogP contribution is -2.20. The van der Waals surface area contributed by atoms with Crippen molar-refractivity contribution >= 4 is 5.91 Å². The molecule has 1 rings (SSSR count). The summed E-state index contributed by atoms with van der Waals surface area (Å²) in [6.07, 6.45) is 1.52. The largest absolute Gasteiger partial charge is 0.384 e. The highest BCUT2D eigenvalue weighted by atomic mass is 16.2. The van der Waals surface area contributed by atoms with Gasteiger partial charge in [-0.3, -0.25) is 4.79 Å². The van der Waals surface area contributed by atoms with Gasteiger partial charge < -0.3 is 10.4 Å². The number of amides is 1. The van der Waals surface area contributed by atoms with Crippen molar-refractivity contribution in [3.05, 3.63) is 29.6 Å². The summed E-state index contributed by atoms with van der Waals surface area (Å²) in [5, 5.41) is 11.0. The minimum absolute atomic E-state index is 0.234. The number of aliphatic hydroxyl groups is 1. The number of aliphatic hydroxyl groups excluding tert-OH is 1. The van der Waals surface area contributed by atoms with E-state index >= 15 is 0 Å². The molecule has 1 aromatic rings. The lowest BCUT2D eigenvalue weighted by Gasteiger charge is -2.00. The number of hydrogen-bond acceptors (Lipinski definition) is 3.